The second kappa shape index (κ2) is 3.35. The summed E-state index contributed by atoms with van der Waals surface area (Å²) in [5.41, 5.74) is 2.40. The quantitative estimate of drug-likeness (QED) is 0.476. The molecule has 0 radical (unpaired) electrons. The molecular weight excluding hydrogens is 226 g/mol. The molecule has 2 aromatic carbocycles. The van der Waals surface area contributed by atoms with Crippen LogP contribution < -0.4 is 5.17 Å². The number of pyridine rings is 1. The summed E-state index contributed by atoms with van der Waals surface area (Å²) in [5, 5.41) is 18.6. The van der Waals surface area contributed by atoms with E-state index < -0.39 is 0 Å². The van der Waals surface area contributed by atoms with Crippen molar-refractivity contribution in [2.24, 2.45) is 5.10 Å². The molecule has 1 aromatic heterocycles. The molecule has 0 aliphatic carbocycles. The lowest BCUT2D eigenvalue weighted by atomic mass is 10.0. The molecule has 1 atom stereocenters. The first-order chi connectivity index (χ1) is 8.84. The van der Waals surface area contributed by atoms with Gasteiger partial charge in [-0.3, -0.25) is 4.98 Å². The van der Waals surface area contributed by atoms with Crippen LogP contribution in [0.4, 0.5) is 5.69 Å². The molecule has 4 nitrogen and oxygen atoms in total. The highest BCUT2D eigenvalue weighted by molar-refractivity contribution is 6.13. The van der Waals surface area contributed by atoms with E-state index in [0.717, 1.165) is 27.2 Å². The fourth-order valence-corrected chi connectivity index (χ4v) is 2.50. The van der Waals surface area contributed by atoms with Crippen LogP contribution in [0.2, 0.25) is 0 Å². The van der Waals surface area contributed by atoms with E-state index >= 15 is 0 Å². The van der Waals surface area contributed by atoms with Crippen molar-refractivity contribution in [2.75, 3.05) is 0 Å². The average molecular weight is 235 g/mol. The number of nitrogens with zero attached hydrogens (tertiary/aromatic N) is 2. The van der Waals surface area contributed by atoms with Gasteiger partial charge in [-0.15, -0.1) is 0 Å². The van der Waals surface area contributed by atoms with E-state index in [4.69, 9.17) is 0 Å². The number of aromatic nitrogens is 1. The van der Waals surface area contributed by atoms with Gasteiger partial charge in [-0.2, -0.15) is 0 Å². The van der Waals surface area contributed by atoms with Gasteiger partial charge in [0.25, 0.3) is 0 Å². The van der Waals surface area contributed by atoms with E-state index in [0.29, 0.717) is 5.69 Å². The molecule has 0 saturated carbocycles. The number of quaternary nitrogens is 1. The molecule has 4 heteroatoms. The molecule has 1 N–H and O–H groups in total. The van der Waals surface area contributed by atoms with E-state index in [9.17, 15) is 5.21 Å². The van der Waals surface area contributed by atoms with Gasteiger partial charge in [-0.05, 0) is 17.5 Å². The van der Waals surface area contributed by atoms with Crippen molar-refractivity contribution in [1.29, 1.82) is 0 Å². The van der Waals surface area contributed by atoms with Crippen LogP contribution in [0, 0.1) is 5.21 Å². The third-order valence-corrected chi connectivity index (χ3v) is 3.32. The maximum atomic E-state index is 11.9. The minimum absolute atomic E-state index is 0.172. The first kappa shape index (κ1) is 9.70. The number of rotatable bonds is 0. The van der Waals surface area contributed by atoms with Gasteiger partial charge < -0.3 is 5.21 Å². The van der Waals surface area contributed by atoms with E-state index in [2.05, 4.69) is 10.1 Å². The van der Waals surface area contributed by atoms with Gasteiger partial charge in [0.15, 0.2) is 5.69 Å². The summed E-state index contributed by atoms with van der Waals surface area (Å²) in [4.78, 5) is 4.41. The maximum Gasteiger partial charge on any atom is 0.176 e. The largest absolute Gasteiger partial charge is 0.601 e. The smallest absolute Gasteiger partial charge is 0.176 e. The van der Waals surface area contributed by atoms with Crippen LogP contribution in [-0.4, -0.2) is 11.2 Å². The molecule has 18 heavy (non-hydrogen) atoms. The van der Waals surface area contributed by atoms with Gasteiger partial charge in [-0.25, -0.2) is 5.17 Å². The highest BCUT2D eigenvalue weighted by atomic mass is 16.5. The van der Waals surface area contributed by atoms with E-state index in [1.807, 2.05) is 42.6 Å². The molecule has 0 bridgehead atoms. The second-order valence-electron chi connectivity index (χ2n) is 4.33. The lowest BCUT2D eigenvalue weighted by Crippen LogP contribution is -2.95. The lowest BCUT2D eigenvalue weighted by Gasteiger charge is -2.14. The Balaban J connectivity index is 2.28. The van der Waals surface area contributed by atoms with Gasteiger partial charge in [0.2, 0.25) is 0 Å². The summed E-state index contributed by atoms with van der Waals surface area (Å²) in [6.45, 7) is 0. The first-order valence-corrected chi connectivity index (χ1v) is 5.73. The molecule has 0 amide bonds. The van der Waals surface area contributed by atoms with Crippen LogP contribution >= 0.6 is 0 Å². The van der Waals surface area contributed by atoms with Crippen LogP contribution in [0.5, 0.6) is 0 Å². The summed E-state index contributed by atoms with van der Waals surface area (Å²) in [6, 6.07) is 11.8. The Morgan fingerprint density at radius 2 is 1.94 bits per heavy atom. The summed E-state index contributed by atoms with van der Waals surface area (Å²) < 4.78 is 0. The number of benzene rings is 2. The van der Waals surface area contributed by atoms with E-state index in [1.54, 1.807) is 6.21 Å². The van der Waals surface area contributed by atoms with Crippen molar-refractivity contribution >= 4 is 33.6 Å². The zero-order valence-corrected chi connectivity index (χ0v) is 9.42. The summed E-state index contributed by atoms with van der Waals surface area (Å²) in [6.07, 6.45) is 3.46. The minimum Gasteiger partial charge on any atom is -0.601 e. The highest BCUT2D eigenvalue weighted by Gasteiger charge is 2.20. The van der Waals surface area contributed by atoms with Gasteiger partial charge in [0.1, 0.15) is 0 Å². The van der Waals surface area contributed by atoms with Crippen LogP contribution in [0.1, 0.15) is 5.56 Å². The van der Waals surface area contributed by atoms with Crippen molar-refractivity contribution in [2.45, 2.75) is 0 Å². The van der Waals surface area contributed by atoms with Crippen molar-refractivity contribution in [3.05, 3.63) is 53.4 Å². The number of fused-ring (bicyclic) bond motifs is 5. The number of hydrogen-bond acceptors (Lipinski definition) is 3. The van der Waals surface area contributed by atoms with Gasteiger partial charge in [0.05, 0.1) is 22.7 Å². The van der Waals surface area contributed by atoms with Gasteiger partial charge >= 0.3 is 0 Å². The van der Waals surface area contributed by atoms with Crippen molar-refractivity contribution in [3.8, 4) is 0 Å². The fourth-order valence-electron chi connectivity index (χ4n) is 2.50. The van der Waals surface area contributed by atoms with Crippen molar-refractivity contribution in [1.82, 2.24) is 4.98 Å². The zero-order valence-electron chi connectivity index (χ0n) is 9.42. The molecule has 4 rings (SSSR count). The number of hydrogen-bond donors (Lipinski definition) is 1. The summed E-state index contributed by atoms with van der Waals surface area (Å²) in [7, 11) is 0. The Bertz CT molecular complexity index is 811. The standard InChI is InChI=1S/C14H9N3O/c18-17-14-10(8-16-17)5-6-12-13(14)11-4-2-1-3-9(11)7-15-12/h1-8,17H. The first-order valence-electron chi connectivity index (χ1n) is 5.73. The van der Waals surface area contributed by atoms with Crippen molar-refractivity contribution in [3.63, 3.8) is 0 Å². The molecule has 0 fully saturated rings. The topological polar surface area (TPSA) is 52.8 Å². The van der Waals surface area contributed by atoms with E-state index in [-0.39, 0.29) is 5.17 Å². The molecule has 1 aliphatic rings. The lowest BCUT2D eigenvalue weighted by molar-refractivity contribution is -0.778. The normalized spacial score (nSPS) is 17.5. The molecule has 86 valence electrons. The SMILES string of the molecule is [O-][NH+]1N=Cc2ccc3ncc4ccccc4c3c21. The summed E-state index contributed by atoms with van der Waals surface area (Å²) in [5.74, 6) is 0. The highest BCUT2D eigenvalue weighted by Crippen LogP contribution is 2.30. The Kier molecular flexibility index (Phi) is 1.81. The van der Waals surface area contributed by atoms with Crippen molar-refractivity contribution < 1.29 is 5.17 Å². The second-order valence-corrected chi connectivity index (χ2v) is 4.33. The molecule has 3 aromatic rings. The maximum absolute atomic E-state index is 11.9. The predicted octanol–water partition coefficient (Wildman–Crippen LogP) is 1.75. The van der Waals surface area contributed by atoms with Crippen LogP contribution in [-0.2, 0) is 0 Å². The fraction of sp³-hybridized carbons (Fsp3) is 0. The van der Waals surface area contributed by atoms with Crippen LogP contribution in [0.3, 0.4) is 0 Å². The molecule has 1 aliphatic heterocycles. The Hall–Kier alpha value is -2.30. The minimum atomic E-state index is -0.172. The third kappa shape index (κ3) is 1.16. The average Bonchev–Trinajstić information content (AvgIpc) is 2.80. The monoisotopic (exact) mass is 235 g/mol. The Morgan fingerprint density at radius 1 is 1.06 bits per heavy atom. The van der Waals surface area contributed by atoms with Gasteiger partial charge in [0, 0.05) is 11.6 Å². The molecule has 0 spiro atoms. The van der Waals surface area contributed by atoms with Gasteiger partial charge in [-0.1, -0.05) is 29.4 Å². The third-order valence-electron chi connectivity index (χ3n) is 3.32. The molecule has 2 heterocycles. The Labute approximate surface area is 103 Å². The zero-order chi connectivity index (χ0) is 12.1. The molecule has 1 unspecified atom stereocenters. The van der Waals surface area contributed by atoms with E-state index in [1.165, 1.54) is 0 Å². The van der Waals surface area contributed by atoms with Crippen LogP contribution in [0.15, 0.2) is 47.7 Å². The molecule has 0 saturated heterocycles. The predicted molar refractivity (Wildman–Crippen MR) is 70.8 cm³/mol. The Morgan fingerprint density at radius 3 is 2.89 bits per heavy atom. The summed E-state index contributed by atoms with van der Waals surface area (Å²) >= 11 is 0. The van der Waals surface area contributed by atoms with Crippen LogP contribution in [0.25, 0.3) is 21.7 Å². The molecular formula is C14H9N3O. The number of nitrogens with one attached hydrogen (secondary N) is 1.